The molecule has 1 aromatic heterocycles. The lowest BCUT2D eigenvalue weighted by molar-refractivity contribution is 0.0932. The van der Waals surface area contributed by atoms with E-state index in [2.05, 4.69) is 36.8 Å². The number of tetrazole rings is 1. The molecule has 0 aliphatic rings. The maximum Gasteiger partial charge on any atom is 0.254 e. The van der Waals surface area contributed by atoms with E-state index in [9.17, 15) is 18.0 Å². The minimum atomic E-state index is -1.70. The summed E-state index contributed by atoms with van der Waals surface area (Å²) in [6.07, 6.45) is 0. The lowest BCUT2D eigenvalue weighted by Gasteiger charge is -2.14. The Labute approximate surface area is 154 Å². The average molecular weight is 426 g/mol. The lowest BCUT2D eigenvalue weighted by atomic mass is 10.1. The number of halogens is 4. The van der Waals surface area contributed by atoms with Crippen LogP contribution >= 0.6 is 15.9 Å². The van der Waals surface area contributed by atoms with Gasteiger partial charge >= 0.3 is 0 Å². The molecule has 0 bridgehead atoms. The Hall–Kier alpha value is -2.75. The van der Waals surface area contributed by atoms with Crippen LogP contribution in [0.5, 0.6) is 0 Å². The molecular formula is C16H11BrF3N5O. The van der Waals surface area contributed by atoms with E-state index in [1.54, 1.807) is 31.2 Å². The van der Waals surface area contributed by atoms with Gasteiger partial charge < -0.3 is 5.32 Å². The van der Waals surface area contributed by atoms with Crippen molar-refractivity contribution in [1.82, 2.24) is 25.5 Å². The second-order valence-electron chi connectivity index (χ2n) is 5.34. The summed E-state index contributed by atoms with van der Waals surface area (Å²) in [5.41, 5.74) is 0.0340. The highest BCUT2D eigenvalue weighted by atomic mass is 79.9. The SMILES string of the molecule is CC(NC(=O)c1ccc(F)c(F)c1F)c1nnnn1-c1ccc(Br)cc1. The summed E-state index contributed by atoms with van der Waals surface area (Å²) >= 11 is 3.32. The highest BCUT2D eigenvalue weighted by Gasteiger charge is 2.23. The van der Waals surface area contributed by atoms with E-state index in [4.69, 9.17) is 0 Å². The second kappa shape index (κ2) is 7.24. The van der Waals surface area contributed by atoms with Crippen molar-refractivity contribution in [3.8, 4) is 5.69 Å². The predicted molar refractivity (Wildman–Crippen MR) is 89.1 cm³/mol. The molecule has 26 heavy (non-hydrogen) atoms. The van der Waals surface area contributed by atoms with Crippen molar-refractivity contribution in [2.75, 3.05) is 0 Å². The molecule has 0 aliphatic carbocycles. The summed E-state index contributed by atoms with van der Waals surface area (Å²) in [5.74, 6) is -5.26. The van der Waals surface area contributed by atoms with E-state index in [0.29, 0.717) is 11.8 Å². The Morgan fingerprint density at radius 2 is 1.81 bits per heavy atom. The maximum atomic E-state index is 13.8. The first-order valence-corrected chi connectivity index (χ1v) is 8.16. The number of nitrogens with one attached hydrogen (secondary N) is 1. The normalized spacial score (nSPS) is 12.0. The molecular weight excluding hydrogens is 415 g/mol. The van der Waals surface area contributed by atoms with Gasteiger partial charge in [-0.3, -0.25) is 4.79 Å². The quantitative estimate of drug-likeness (QED) is 0.650. The Morgan fingerprint density at radius 1 is 1.12 bits per heavy atom. The van der Waals surface area contributed by atoms with Crippen molar-refractivity contribution in [2.24, 2.45) is 0 Å². The number of amides is 1. The largest absolute Gasteiger partial charge is 0.342 e. The van der Waals surface area contributed by atoms with E-state index in [-0.39, 0.29) is 5.82 Å². The van der Waals surface area contributed by atoms with Crippen LogP contribution in [0.15, 0.2) is 40.9 Å². The third-order valence-electron chi connectivity index (χ3n) is 3.58. The van der Waals surface area contributed by atoms with Crippen LogP contribution in [-0.4, -0.2) is 26.1 Å². The van der Waals surface area contributed by atoms with Gasteiger partial charge in [-0.25, -0.2) is 13.2 Å². The van der Waals surface area contributed by atoms with Gasteiger partial charge in [0.2, 0.25) is 0 Å². The first-order valence-electron chi connectivity index (χ1n) is 7.37. The van der Waals surface area contributed by atoms with E-state index in [1.807, 2.05) is 0 Å². The lowest BCUT2D eigenvalue weighted by Crippen LogP contribution is -2.29. The first kappa shape index (κ1) is 18.1. The molecule has 1 atom stereocenters. The molecule has 0 fully saturated rings. The second-order valence-corrected chi connectivity index (χ2v) is 6.26. The van der Waals surface area contributed by atoms with Crippen molar-refractivity contribution in [1.29, 1.82) is 0 Å². The third-order valence-corrected chi connectivity index (χ3v) is 4.11. The van der Waals surface area contributed by atoms with Crippen molar-refractivity contribution < 1.29 is 18.0 Å². The summed E-state index contributed by atoms with van der Waals surface area (Å²) in [6.45, 7) is 1.58. The Bertz CT molecular complexity index is 961. The number of nitrogens with zero attached hydrogens (tertiary/aromatic N) is 4. The monoisotopic (exact) mass is 425 g/mol. The standard InChI is InChI=1S/C16H11BrF3N5O/c1-8(21-16(26)11-6-7-12(18)14(20)13(11)19)15-22-23-24-25(15)10-4-2-9(17)3-5-10/h2-8H,1H3,(H,21,26). The third kappa shape index (κ3) is 3.45. The van der Waals surface area contributed by atoms with Crippen LogP contribution in [0.3, 0.4) is 0 Å². The van der Waals surface area contributed by atoms with Gasteiger partial charge in [-0.15, -0.1) is 5.10 Å². The van der Waals surface area contributed by atoms with E-state index in [1.165, 1.54) is 4.68 Å². The fourth-order valence-corrected chi connectivity index (χ4v) is 2.53. The van der Waals surface area contributed by atoms with Gasteiger partial charge in [-0.1, -0.05) is 15.9 Å². The number of rotatable bonds is 4. The maximum absolute atomic E-state index is 13.8. The highest BCUT2D eigenvalue weighted by Crippen LogP contribution is 2.19. The molecule has 1 heterocycles. The Kier molecular flexibility index (Phi) is 5.03. The van der Waals surface area contributed by atoms with Gasteiger partial charge in [0.05, 0.1) is 17.3 Å². The van der Waals surface area contributed by atoms with Crippen LogP contribution in [0.2, 0.25) is 0 Å². The zero-order valence-corrected chi connectivity index (χ0v) is 14.8. The van der Waals surface area contributed by atoms with Crippen LogP contribution in [-0.2, 0) is 0 Å². The molecule has 0 saturated heterocycles. The predicted octanol–water partition coefficient (Wildman–Crippen LogP) is 3.33. The van der Waals surface area contributed by atoms with Gasteiger partial charge in [0.15, 0.2) is 23.3 Å². The molecule has 6 nitrogen and oxygen atoms in total. The fraction of sp³-hybridized carbons (Fsp3) is 0.125. The zero-order chi connectivity index (χ0) is 18.8. The summed E-state index contributed by atoms with van der Waals surface area (Å²) in [7, 11) is 0. The average Bonchev–Trinajstić information content (AvgIpc) is 3.10. The molecule has 1 N–H and O–H groups in total. The molecule has 0 spiro atoms. The van der Waals surface area contributed by atoms with E-state index >= 15 is 0 Å². The first-order chi connectivity index (χ1) is 12.4. The van der Waals surface area contributed by atoms with E-state index in [0.717, 1.165) is 10.5 Å². The molecule has 0 radical (unpaired) electrons. The molecule has 3 rings (SSSR count). The number of carbonyl (C=O) groups excluding carboxylic acids is 1. The molecule has 134 valence electrons. The van der Waals surface area contributed by atoms with Gasteiger partial charge in [0, 0.05) is 4.47 Å². The molecule has 2 aromatic carbocycles. The number of aromatic nitrogens is 4. The molecule has 0 saturated carbocycles. The van der Waals surface area contributed by atoms with Gasteiger partial charge in [0.1, 0.15) is 0 Å². The van der Waals surface area contributed by atoms with Crippen molar-refractivity contribution >= 4 is 21.8 Å². The minimum absolute atomic E-state index is 0.281. The Morgan fingerprint density at radius 3 is 2.50 bits per heavy atom. The van der Waals surface area contributed by atoms with Crippen molar-refractivity contribution in [3.63, 3.8) is 0 Å². The van der Waals surface area contributed by atoms with Gasteiger partial charge in [-0.2, -0.15) is 4.68 Å². The topological polar surface area (TPSA) is 72.7 Å². The van der Waals surface area contributed by atoms with Crippen LogP contribution in [0.1, 0.15) is 29.1 Å². The molecule has 1 amide bonds. The fourth-order valence-electron chi connectivity index (χ4n) is 2.27. The molecule has 1 unspecified atom stereocenters. The number of hydrogen-bond donors (Lipinski definition) is 1. The number of carbonyl (C=O) groups is 1. The van der Waals surface area contributed by atoms with Crippen LogP contribution in [0.25, 0.3) is 5.69 Å². The summed E-state index contributed by atoms with van der Waals surface area (Å²) in [4.78, 5) is 12.2. The minimum Gasteiger partial charge on any atom is -0.342 e. The van der Waals surface area contributed by atoms with Crippen LogP contribution in [0.4, 0.5) is 13.2 Å². The van der Waals surface area contributed by atoms with E-state index < -0.39 is 35.0 Å². The molecule has 10 heteroatoms. The zero-order valence-electron chi connectivity index (χ0n) is 13.3. The summed E-state index contributed by atoms with van der Waals surface area (Å²) in [5, 5.41) is 13.8. The van der Waals surface area contributed by atoms with Gasteiger partial charge in [-0.05, 0) is 53.7 Å². The van der Waals surface area contributed by atoms with Crippen LogP contribution < -0.4 is 5.32 Å². The smallest absolute Gasteiger partial charge is 0.254 e. The van der Waals surface area contributed by atoms with Crippen molar-refractivity contribution in [2.45, 2.75) is 13.0 Å². The Balaban J connectivity index is 1.84. The van der Waals surface area contributed by atoms with Gasteiger partial charge in [0.25, 0.3) is 5.91 Å². The number of benzene rings is 2. The summed E-state index contributed by atoms with van der Waals surface area (Å²) < 4.78 is 42.3. The number of hydrogen-bond acceptors (Lipinski definition) is 4. The van der Waals surface area contributed by atoms with Crippen LogP contribution in [0, 0.1) is 17.5 Å². The van der Waals surface area contributed by atoms with Crippen molar-refractivity contribution in [3.05, 3.63) is 69.7 Å². The molecule has 0 aliphatic heterocycles. The molecule has 3 aromatic rings. The summed E-state index contributed by atoms with van der Waals surface area (Å²) in [6, 6.07) is 7.92. The highest BCUT2D eigenvalue weighted by molar-refractivity contribution is 9.10.